The Morgan fingerprint density at radius 3 is 2.53 bits per heavy atom. The number of carbonyl (C=O) groups excluding carboxylic acids is 1. The van der Waals surface area contributed by atoms with Gasteiger partial charge in [0.2, 0.25) is 0 Å². The molecule has 0 N–H and O–H groups in total. The highest BCUT2D eigenvalue weighted by molar-refractivity contribution is 5.96. The van der Waals surface area contributed by atoms with E-state index in [0.717, 1.165) is 33.7 Å². The summed E-state index contributed by atoms with van der Waals surface area (Å²) in [6.07, 6.45) is 4.02. The minimum atomic E-state index is -0.115. The molecule has 1 amide bonds. The standard InChI is InChI=1S/C26H22N4O2/c1-17-9-10-20(13-18(17)2)30-25(28-11-5-6-12-28)21-15-29(16-22(21)27-30)26(31)24-14-19-7-3-4-8-23(19)32-24/h3-14H,15-16H2,1-2H3. The maximum atomic E-state index is 13.2. The quantitative estimate of drug-likeness (QED) is 0.402. The number of furan rings is 1. The molecule has 6 nitrogen and oxygen atoms in total. The van der Waals surface area contributed by atoms with Gasteiger partial charge in [-0.15, -0.1) is 0 Å². The largest absolute Gasteiger partial charge is 0.451 e. The Hall–Kier alpha value is -4.06. The van der Waals surface area contributed by atoms with E-state index in [0.29, 0.717) is 18.8 Å². The van der Waals surface area contributed by atoms with Crippen molar-refractivity contribution in [1.82, 2.24) is 19.2 Å². The van der Waals surface area contributed by atoms with Gasteiger partial charge in [0.1, 0.15) is 11.4 Å². The van der Waals surface area contributed by atoms with Gasteiger partial charge in [-0.2, -0.15) is 5.10 Å². The summed E-state index contributed by atoms with van der Waals surface area (Å²) in [5.74, 6) is 1.21. The Labute approximate surface area is 185 Å². The Morgan fingerprint density at radius 1 is 0.938 bits per heavy atom. The van der Waals surface area contributed by atoms with Crippen molar-refractivity contribution < 1.29 is 9.21 Å². The molecule has 4 heterocycles. The zero-order valence-corrected chi connectivity index (χ0v) is 17.9. The summed E-state index contributed by atoms with van der Waals surface area (Å²) in [5.41, 5.74) is 6.18. The molecule has 0 aliphatic carbocycles. The molecule has 32 heavy (non-hydrogen) atoms. The number of carbonyl (C=O) groups is 1. The molecule has 0 unspecified atom stereocenters. The van der Waals surface area contributed by atoms with E-state index >= 15 is 0 Å². The highest BCUT2D eigenvalue weighted by Crippen LogP contribution is 2.32. The van der Waals surface area contributed by atoms with Crippen LogP contribution in [0.25, 0.3) is 22.5 Å². The van der Waals surface area contributed by atoms with E-state index < -0.39 is 0 Å². The molecule has 5 aromatic rings. The number of nitrogens with zero attached hydrogens (tertiary/aromatic N) is 4. The maximum absolute atomic E-state index is 13.2. The van der Waals surface area contributed by atoms with Gasteiger partial charge >= 0.3 is 0 Å². The minimum Gasteiger partial charge on any atom is -0.451 e. The van der Waals surface area contributed by atoms with Gasteiger partial charge in [-0.3, -0.25) is 4.79 Å². The first-order chi connectivity index (χ1) is 15.6. The van der Waals surface area contributed by atoms with Gasteiger partial charge in [0, 0.05) is 23.3 Å². The number of fused-ring (bicyclic) bond motifs is 2. The van der Waals surface area contributed by atoms with E-state index in [-0.39, 0.29) is 5.91 Å². The normalized spacial score (nSPS) is 13.1. The van der Waals surface area contributed by atoms with Crippen molar-refractivity contribution >= 4 is 16.9 Å². The number of para-hydroxylation sites is 1. The second-order valence-corrected chi connectivity index (χ2v) is 8.33. The number of benzene rings is 2. The number of rotatable bonds is 3. The second-order valence-electron chi connectivity index (χ2n) is 8.33. The summed E-state index contributed by atoms with van der Waals surface area (Å²) in [5, 5.41) is 5.86. The Balaban J connectivity index is 1.39. The smallest absolute Gasteiger partial charge is 0.290 e. The van der Waals surface area contributed by atoms with Crippen LogP contribution >= 0.6 is 0 Å². The van der Waals surface area contributed by atoms with E-state index in [1.165, 1.54) is 11.1 Å². The number of aromatic nitrogens is 3. The molecule has 0 fully saturated rings. The van der Waals surface area contributed by atoms with Crippen molar-refractivity contribution in [2.75, 3.05) is 0 Å². The molecule has 1 aliphatic heterocycles. The van der Waals surface area contributed by atoms with Crippen molar-refractivity contribution in [2.45, 2.75) is 26.9 Å². The fourth-order valence-electron chi connectivity index (χ4n) is 4.37. The van der Waals surface area contributed by atoms with E-state index in [1.807, 2.05) is 59.5 Å². The van der Waals surface area contributed by atoms with Crippen LogP contribution in [0.5, 0.6) is 0 Å². The van der Waals surface area contributed by atoms with Crippen LogP contribution in [0.3, 0.4) is 0 Å². The molecule has 6 rings (SSSR count). The number of aryl methyl sites for hydroxylation is 2. The lowest BCUT2D eigenvalue weighted by atomic mass is 10.1. The fourth-order valence-corrected chi connectivity index (χ4v) is 4.37. The van der Waals surface area contributed by atoms with Crippen LogP contribution in [0.4, 0.5) is 0 Å². The van der Waals surface area contributed by atoms with E-state index in [1.54, 1.807) is 4.90 Å². The van der Waals surface area contributed by atoms with Crippen LogP contribution in [-0.2, 0) is 13.1 Å². The van der Waals surface area contributed by atoms with Crippen LogP contribution in [-0.4, -0.2) is 25.2 Å². The molecule has 0 bridgehead atoms. The summed E-state index contributed by atoms with van der Waals surface area (Å²) >= 11 is 0. The Kier molecular flexibility index (Phi) is 4.08. The molecule has 2 aromatic carbocycles. The molecule has 0 spiro atoms. The summed E-state index contributed by atoms with van der Waals surface area (Å²) in [6, 6.07) is 19.9. The Bertz CT molecular complexity index is 1440. The topological polar surface area (TPSA) is 56.2 Å². The van der Waals surface area contributed by atoms with Crippen LogP contribution in [0.2, 0.25) is 0 Å². The zero-order valence-electron chi connectivity index (χ0n) is 17.9. The van der Waals surface area contributed by atoms with Gasteiger partial charge in [0.25, 0.3) is 5.91 Å². The first-order valence-corrected chi connectivity index (χ1v) is 10.7. The predicted molar refractivity (Wildman–Crippen MR) is 122 cm³/mol. The molecular formula is C26H22N4O2. The van der Waals surface area contributed by atoms with Gasteiger partial charge in [0.05, 0.1) is 24.5 Å². The van der Waals surface area contributed by atoms with Gasteiger partial charge in [-0.25, -0.2) is 4.68 Å². The molecule has 3 aromatic heterocycles. The molecule has 0 radical (unpaired) electrons. The summed E-state index contributed by atoms with van der Waals surface area (Å²) < 4.78 is 9.87. The van der Waals surface area contributed by atoms with Crippen LogP contribution in [0, 0.1) is 13.8 Å². The van der Waals surface area contributed by atoms with Crippen molar-refractivity contribution in [3.05, 3.63) is 101 Å². The van der Waals surface area contributed by atoms with E-state index in [2.05, 4.69) is 36.6 Å². The molecular weight excluding hydrogens is 400 g/mol. The molecule has 1 aliphatic rings. The zero-order chi connectivity index (χ0) is 21.8. The lowest BCUT2D eigenvalue weighted by molar-refractivity contribution is 0.0719. The number of hydrogen-bond acceptors (Lipinski definition) is 3. The third kappa shape index (κ3) is 2.87. The van der Waals surface area contributed by atoms with Gasteiger partial charge in [-0.1, -0.05) is 24.3 Å². The highest BCUT2D eigenvalue weighted by Gasteiger charge is 2.33. The molecule has 6 heteroatoms. The SMILES string of the molecule is Cc1ccc(-n2nc3c(c2-n2cccc2)CN(C(=O)c2cc4ccccc4o2)C3)cc1C. The second kappa shape index (κ2) is 6.99. The molecule has 0 atom stereocenters. The van der Waals surface area contributed by atoms with Gasteiger partial charge < -0.3 is 13.9 Å². The van der Waals surface area contributed by atoms with Gasteiger partial charge in [-0.05, 0) is 61.4 Å². The molecule has 0 saturated heterocycles. The summed E-state index contributed by atoms with van der Waals surface area (Å²) in [4.78, 5) is 15.0. The van der Waals surface area contributed by atoms with E-state index in [4.69, 9.17) is 9.52 Å². The molecule has 158 valence electrons. The average molecular weight is 422 g/mol. The van der Waals surface area contributed by atoms with Crippen molar-refractivity contribution in [1.29, 1.82) is 0 Å². The monoisotopic (exact) mass is 422 g/mol. The molecule has 0 saturated carbocycles. The van der Waals surface area contributed by atoms with Crippen molar-refractivity contribution in [2.24, 2.45) is 0 Å². The third-order valence-electron chi connectivity index (χ3n) is 6.24. The summed E-state index contributed by atoms with van der Waals surface area (Å²) in [7, 11) is 0. The minimum absolute atomic E-state index is 0.115. The predicted octanol–water partition coefficient (Wildman–Crippen LogP) is 5.18. The fraction of sp³-hybridized carbons (Fsp3) is 0.154. The third-order valence-corrected chi connectivity index (χ3v) is 6.24. The summed E-state index contributed by atoms with van der Waals surface area (Å²) in [6.45, 7) is 5.16. The lowest BCUT2D eigenvalue weighted by Crippen LogP contribution is -2.26. The van der Waals surface area contributed by atoms with Crippen LogP contribution < -0.4 is 0 Å². The maximum Gasteiger partial charge on any atom is 0.290 e. The first-order valence-electron chi connectivity index (χ1n) is 10.7. The number of hydrogen-bond donors (Lipinski definition) is 0. The number of amides is 1. The highest BCUT2D eigenvalue weighted by atomic mass is 16.3. The van der Waals surface area contributed by atoms with Crippen molar-refractivity contribution in [3.63, 3.8) is 0 Å². The van der Waals surface area contributed by atoms with Crippen LogP contribution in [0.15, 0.2) is 77.5 Å². The van der Waals surface area contributed by atoms with Crippen molar-refractivity contribution in [3.8, 4) is 11.5 Å². The average Bonchev–Trinajstić information content (AvgIpc) is 3.57. The lowest BCUT2D eigenvalue weighted by Gasteiger charge is -2.16. The first kappa shape index (κ1) is 18.7. The van der Waals surface area contributed by atoms with E-state index in [9.17, 15) is 4.79 Å². The van der Waals surface area contributed by atoms with Gasteiger partial charge in [0.15, 0.2) is 5.76 Å². The Morgan fingerprint density at radius 2 is 1.75 bits per heavy atom. The van der Waals surface area contributed by atoms with Crippen LogP contribution in [0.1, 0.15) is 32.9 Å².